The molecule has 0 spiro atoms. The number of carbonyl (C=O) groups is 2. The first-order valence-corrected chi connectivity index (χ1v) is 7.14. The van der Waals surface area contributed by atoms with E-state index < -0.39 is 5.82 Å². The van der Waals surface area contributed by atoms with Gasteiger partial charge in [-0.1, -0.05) is 6.07 Å². The number of piperidine rings is 1. The zero-order valence-corrected chi connectivity index (χ0v) is 12.1. The third-order valence-electron chi connectivity index (χ3n) is 3.83. The smallest absolute Gasteiger partial charge is 0.279 e. The van der Waals surface area contributed by atoms with E-state index in [1.165, 1.54) is 6.07 Å². The monoisotopic (exact) mass is 294 g/mol. The number of carbonyl (C=O) groups excluding carboxylic acids is 2. The molecule has 1 fully saturated rings. The molecule has 6 heteroatoms. The lowest BCUT2D eigenvalue weighted by atomic mass is 9.97. The highest BCUT2D eigenvalue weighted by Gasteiger charge is 2.28. The first-order valence-electron chi connectivity index (χ1n) is 7.14. The first-order chi connectivity index (χ1) is 9.95. The fourth-order valence-corrected chi connectivity index (χ4v) is 2.70. The average Bonchev–Trinajstić information content (AvgIpc) is 2.42. The molecule has 2 rings (SSSR count). The van der Waals surface area contributed by atoms with Crippen molar-refractivity contribution in [3.63, 3.8) is 0 Å². The highest BCUT2D eigenvalue weighted by molar-refractivity contribution is 5.91. The van der Waals surface area contributed by atoms with E-state index in [0.717, 1.165) is 29.8 Å². The number of nitrogens with two attached hydrogens (primary N) is 1. The van der Waals surface area contributed by atoms with Crippen molar-refractivity contribution in [1.82, 2.24) is 0 Å². The van der Waals surface area contributed by atoms with E-state index in [-0.39, 0.29) is 30.0 Å². The number of halogens is 1. The molecule has 4 N–H and O–H groups in total. The summed E-state index contributed by atoms with van der Waals surface area (Å²) in [6.45, 7) is 3.40. The Hall–Kier alpha value is -1.95. The van der Waals surface area contributed by atoms with Gasteiger partial charge in [-0.15, -0.1) is 0 Å². The molecule has 0 aromatic heterocycles. The molecule has 2 atom stereocenters. The fourth-order valence-electron chi connectivity index (χ4n) is 2.70. The Morgan fingerprint density at radius 3 is 2.90 bits per heavy atom. The second-order valence-electron chi connectivity index (χ2n) is 5.65. The van der Waals surface area contributed by atoms with Crippen molar-refractivity contribution >= 4 is 17.5 Å². The summed E-state index contributed by atoms with van der Waals surface area (Å²) in [7, 11) is 0. The highest BCUT2D eigenvalue weighted by Crippen LogP contribution is 2.14. The van der Waals surface area contributed by atoms with Crippen LogP contribution in [0.2, 0.25) is 0 Å². The molecule has 0 bridgehead atoms. The van der Waals surface area contributed by atoms with Gasteiger partial charge in [0.15, 0.2) is 6.54 Å². The summed E-state index contributed by atoms with van der Waals surface area (Å²) in [5.41, 5.74) is 6.31. The number of hydrogen-bond acceptors (Lipinski definition) is 2. The van der Waals surface area contributed by atoms with Crippen LogP contribution in [-0.2, 0) is 9.59 Å². The zero-order chi connectivity index (χ0) is 15.4. The van der Waals surface area contributed by atoms with Crippen molar-refractivity contribution in [3.8, 4) is 0 Å². The number of nitrogens with one attached hydrogen (secondary N) is 2. The Kier molecular flexibility index (Phi) is 4.90. The van der Waals surface area contributed by atoms with Crippen molar-refractivity contribution in [2.24, 2.45) is 11.7 Å². The topological polar surface area (TPSA) is 76.6 Å². The molecule has 114 valence electrons. The van der Waals surface area contributed by atoms with Gasteiger partial charge in [0.05, 0.1) is 24.7 Å². The summed E-state index contributed by atoms with van der Waals surface area (Å²) in [5.74, 6) is -1.17. The van der Waals surface area contributed by atoms with E-state index in [9.17, 15) is 14.0 Å². The lowest BCUT2D eigenvalue weighted by Gasteiger charge is -2.27. The van der Waals surface area contributed by atoms with Crippen molar-refractivity contribution in [1.29, 1.82) is 0 Å². The Bertz CT molecular complexity index is 548. The van der Waals surface area contributed by atoms with Crippen molar-refractivity contribution in [2.75, 3.05) is 25.0 Å². The van der Waals surface area contributed by atoms with E-state index in [0.29, 0.717) is 6.54 Å². The van der Waals surface area contributed by atoms with Crippen molar-refractivity contribution < 1.29 is 18.9 Å². The van der Waals surface area contributed by atoms with Gasteiger partial charge in [0.1, 0.15) is 5.82 Å². The van der Waals surface area contributed by atoms with E-state index in [2.05, 4.69) is 5.32 Å². The van der Waals surface area contributed by atoms with Crippen LogP contribution in [-0.4, -0.2) is 31.4 Å². The van der Waals surface area contributed by atoms with Crippen LogP contribution >= 0.6 is 0 Å². The summed E-state index contributed by atoms with van der Waals surface area (Å²) in [6, 6.07) is 4.68. The predicted molar refractivity (Wildman–Crippen MR) is 77.2 cm³/mol. The lowest BCUT2D eigenvalue weighted by molar-refractivity contribution is -0.899. The van der Waals surface area contributed by atoms with Crippen molar-refractivity contribution in [2.45, 2.75) is 19.8 Å². The second kappa shape index (κ2) is 6.67. The minimum absolute atomic E-state index is 0.169. The number of hydrogen-bond donors (Lipinski definition) is 3. The number of aryl methyl sites for hydroxylation is 1. The molecule has 1 aromatic carbocycles. The summed E-state index contributed by atoms with van der Waals surface area (Å²) in [5, 5.41) is 2.58. The molecule has 2 amide bonds. The molecule has 1 aliphatic rings. The van der Waals surface area contributed by atoms with Gasteiger partial charge in [-0.2, -0.15) is 0 Å². The molecule has 1 unspecified atom stereocenters. The number of primary amides is 1. The highest BCUT2D eigenvalue weighted by atomic mass is 19.1. The minimum atomic E-state index is -0.438. The van der Waals surface area contributed by atoms with Gasteiger partial charge in [0.25, 0.3) is 5.91 Å². The Balaban J connectivity index is 1.91. The van der Waals surface area contributed by atoms with Crippen LogP contribution in [0.5, 0.6) is 0 Å². The summed E-state index contributed by atoms with van der Waals surface area (Å²) >= 11 is 0. The molecule has 1 aliphatic heterocycles. The van der Waals surface area contributed by atoms with Crippen LogP contribution < -0.4 is 16.0 Å². The normalized spacial score (nSPS) is 21.8. The minimum Gasteiger partial charge on any atom is -0.369 e. The van der Waals surface area contributed by atoms with E-state index in [1.54, 1.807) is 19.1 Å². The molecular formula is C15H21FN3O2+. The second-order valence-corrected chi connectivity index (χ2v) is 5.65. The quantitative estimate of drug-likeness (QED) is 0.722. The van der Waals surface area contributed by atoms with Gasteiger partial charge in [0, 0.05) is 0 Å². The van der Waals surface area contributed by atoms with Gasteiger partial charge in [-0.05, 0) is 37.5 Å². The van der Waals surface area contributed by atoms with Crippen LogP contribution in [0.25, 0.3) is 0 Å². The van der Waals surface area contributed by atoms with Gasteiger partial charge in [-0.25, -0.2) is 4.39 Å². The van der Waals surface area contributed by atoms with Gasteiger partial charge in [-0.3, -0.25) is 9.59 Å². The summed E-state index contributed by atoms with van der Waals surface area (Å²) < 4.78 is 13.7. The molecule has 21 heavy (non-hydrogen) atoms. The number of rotatable bonds is 4. The SMILES string of the molecule is Cc1ccc(NC(=O)C[NH+]2CCC[C@H](C(N)=O)C2)c(F)c1. The van der Waals surface area contributed by atoms with Crippen LogP contribution in [0.3, 0.4) is 0 Å². The summed E-state index contributed by atoms with van der Waals surface area (Å²) in [4.78, 5) is 24.2. The fraction of sp³-hybridized carbons (Fsp3) is 0.467. The lowest BCUT2D eigenvalue weighted by Crippen LogP contribution is -3.14. The van der Waals surface area contributed by atoms with Crippen molar-refractivity contribution in [3.05, 3.63) is 29.6 Å². The predicted octanol–water partition coefficient (Wildman–Crippen LogP) is -0.147. The molecule has 0 saturated carbocycles. The molecular weight excluding hydrogens is 273 g/mol. The molecule has 0 aliphatic carbocycles. The van der Waals surface area contributed by atoms with Gasteiger partial charge < -0.3 is 16.0 Å². The van der Waals surface area contributed by atoms with Crippen LogP contribution in [0, 0.1) is 18.7 Å². The first kappa shape index (κ1) is 15.4. The summed E-state index contributed by atoms with van der Waals surface area (Å²) in [6.07, 6.45) is 1.65. The standard InChI is InChI=1S/C15H20FN3O2/c1-10-4-5-13(12(16)7-10)18-14(20)9-19-6-2-3-11(8-19)15(17)21/h4-5,7,11H,2-3,6,8-9H2,1H3,(H2,17,21)(H,18,20)/p+1/t11-/m0/s1. The Morgan fingerprint density at radius 1 is 1.48 bits per heavy atom. The van der Waals surface area contributed by atoms with Crippen LogP contribution in [0.1, 0.15) is 18.4 Å². The average molecular weight is 294 g/mol. The number of quaternary nitrogens is 1. The zero-order valence-electron chi connectivity index (χ0n) is 12.1. The van der Waals surface area contributed by atoms with Gasteiger partial charge in [0.2, 0.25) is 5.91 Å². The number of likely N-dealkylation sites (tertiary alicyclic amines) is 1. The molecule has 5 nitrogen and oxygen atoms in total. The number of anilines is 1. The van der Waals surface area contributed by atoms with Crippen LogP contribution in [0.4, 0.5) is 10.1 Å². The van der Waals surface area contributed by atoms with Crippen LogP contribution in [0.15, 0.2) is 18.2 Å². The van der Waals surface area contributed by atoms with E-state index in [4.69, 9.17) is 5.73 Å². The third-order valence-corrected chi connectivity index (χ3v) is 3.83. The van der Waals surface area contributed by atoms with E-state index in [1.807, 2.05) is 0 Å². The maximum Gasteiger partial charge on any atom is 0.279 e. The number of amides is 2. The third kappa shape index (κ3) is 4.26. The Labute approximate surface area is 123 Å². The number of benzene rings is 1. The van der Waals surface area contributed by atoms with Gasteiger partial charge >= 0.3 is 0 Å². The maximum absolute atomic E-state index is 13.7. The largest absolute Gasteiger partial charge is 0.369 e. The molecule has 0 radical (unpaired) electrons. The molecule has 1 saturated heterocycles. The molecule has 1 aromatic rings. The Morgan fingerprint density at radius 2 is 2.24 bits per heavy atom. The molecule has 1 heterocycles. The maximum atomic E-state index is 13.7. The van der Waals surface area contributed by atoms with E-state index >= 15 is 0 Å².